The van der Waals surface area contributed by atoms with Gasteiger partial charge in [0.25, 0.3) is 0 Å². The van der Waals surface area contributed by atoms with Gasteiger partial charge in [-0.05, 0) is 40.9 Å². The van der Waals surface area contributed by atoms with Gasteiger partial charge < -0.3 is 9.84 Å². The van der Waals surface area contributed by atoms with Crippen LogP contribution >= 0.6 is 0 Å². The summed E-state index contributed by atoms with van der Waals surface area (Å²) in [7, 11) is 0. The van der Waals surface area contributed by atoms with E-state index < -0.39 is 5.97 Å². The van der Waals surface area contributed by atoms with Gasteiger partial charge in [0.05, 0.1) is 0 Å². The van der Waals surface area contributed by atoms with Crippen LogP contribution in [0.5, 0.6) is 5.75 Å². The van der Waals surface area contributed by atoms with E-state index in [1.165, 1.54) is 5.56 Å². The van der Waals surface area contributed by atoms with Gasteiger partial charge >= 0.3 is 5.97 Å². The molecule has 0 aliphatic carbocycles. The van der Waals surface area contributed by atoms with E-state index in [9.17, 15) is 4.79 Å². The molecule has 0 aliphatic rings. The number of benzene rings is 1. The first-order chi connectivity index (χ1) is 9.46. The molecule has 3 nitrogen and oxygen atoms in total. The lowest BCUT2D eigenvalue weighted by Gasteiger charge is -2.23. The second-order valence-corrected chi connectivity index (χ2v) is 8.10. The van der Waals surface area contributed by atoms with Gasteiger partial charge in [-0.25, -0.2) is 4.79 Å². The Morgan fingerprint density at radius 2 is 1.62 bits per heavy atom. The lowest BCUT2D eigenvalue weighted by atomic mass is 9.84. The predicted octanol–water partition coefficient (Wildman–Crippen LogP) is 4.33. The molecule has 118 valence electrons. The van der Waals surface area contributed by atoms with Crippen molar-refractivity contribution in [1.29, 1.82) is 0 Å². The Bertz CT molecular complexity index is 490. The molecule has 0 saturated heterocycles. The molecule has 0 unspecified atom stereocenters. The molecular formula is C18H28O3. The molecule has 0 spiro atoms. The van der Waals surface area contributed by atoms with Gasteiger partial charge in [-0.1, -0.05) is 53.7 Å². The summed E-state index contributed by atoms with van der Waals surface area (Å²) >= 11 is 0. The standard InChI is InChI=1S/C18H28O3/c1-17(2,3)10-13-7-8-15(21-12-16(19)20)14(9-13)11-18(4,5)6/h7-9H,10-12H2,1-6H3,(H,19,20). The lowest BCUT2D eigenvalue weighted by molar-refractivity contribution is -0.139. The van der Waals surface area contributed by atoms with E-state index in [0.29, 0.717) is 5.75 Å². The van der Waals surface area contributed by atoms with Crippen LogP contribution < -0.4 is 4.74 Å². The van der Waals surface area contributed by atoms with E-state index in [-0.39, 0.29) is 17.4 Å². The minimum atomic E-state index is -0.949. The van der Waals surface area contributed by atoms with Crippen LogP contribution in [0.4, 0.5) is 0 Å². The molecule has 1 aromatic rings. The number of carbonyl (C=O) groups is 1. The van der Waals surface area contributed by atoms with Gasteiger partial charge in [0.2, 0.25) is 0 Å². The molecular weight excluding hydrogens is 264 g/mol. The summed E-state index contributed by atoms with van der Waals surface area (Å²) in [5, 5.41) is 8.78. The van der Waals surface area contributed by atoms with Crippen LogP contribution in [-0.4, -0.2) is 17.7 Å². The number of rotatable bonds is 5. The molecule has 0 atom stereocenters. The van der Waals surface area contributed by atoms with Crippen molar-refractivity contribution in [3.8, 4) is 5.75 Å². The Morgan fingerprint density at radius 1 is 1.05 bits per heavy atom. The van der Waals surface area contributed by atoms with Gasteiger partial charge in [-0.3, -0.25) is 0 Å². The zero-order chi connectivity index (χ0) is 16.3. The highest BCUT2D eigenvalue weighted by molar-refractivity contribution is 5.68. The van der Waals surface area contributed by atoms with E-state index in [1.54, 1.807) is 0 Å². The molecule has 3 heteroatoms. The normalized spacial score (nSPS) is 12.3. The van der Waals surface area contributed by atoms with Crippen LogP contribution in [0.2, 0.25) is 0 Å². The molecule has 0 bridgehead atoms. The largest absolute Gasteiger partial charge is 0.482 e. The van der Waals surface area contributed by atoms with Crippen LogP contribution in [-0.2, 0) is 17.6 Å². The maximum absolute atomic E-state index is 10.7. The molecule has 0 aliphatic heterocycles. The fourth-order valence-electron chi connectivity index (χ4n) is 2.34. The fourth-order valence-corrected chi connectivity index (χ4v) is 2.34. The summed E-state index contributed by atoms with van der Waals surface area (Å²) in [5.74, 6) is -0.263. The summed E-state index contributed by atoms with van der Waals surface area (Å²) in [5.41, 5.74) is 2.71. The molecule has 1 rings (SSSR count). The minimum Gasteiger partial charge on any atom is -0.482 e. The number of carboxylic acid groups (broad SMARTS) is 1. The number of hydrogen-bond acceptors (Lipinski definition) is 2. The van der Waals surface area contributed by atoms with E-state index >= 15 is 0 Å². The topological polar surface area (TPSA) is 46.5 Å². The monoisotopic (exact) mass is 292 g/mol. The van der Waals surface area contributed by atoms with Crippen molar-refractivity contribution in [3.05, 3.63) is 29.3 Å². The number of carboxylic acids is 1. The fraction of sp³-hybridized carbons (Fsp3) is 0.611. The van der Waals surface area contributed by atoms with Gasteiger partial charge in [-0.15, -0.1) is 0 Å². The zero-order valence-corrected chi connectivity index (χ0v) is 14.1. The summed E-state index contributed by atoms with van der Waals surface area (Å²) < 4.78 is 5.43. The SMILES string of the molecule is CC(C)(C)Cc1ccc(OCC(=O)O)c(CC(C)(C)C)c1. The first kappa shape index (κ1) is 17.5. The molecule has 0 heterocycles. The molecule has 0 radical (unpaired) electrons. The highest BCUT2D eigenvalue weighted by Crippen LogP contribution is 2.30. The van der Waals surface area contributed by atoms with Gasteiger partial charge in [0.1, 0.15) is 5.75 Å². The Kier molecular flexibility index (Phi) is 5.43. The zero-order valence-electron chi connectivity index (χ0n) is 14.1. The number of ether oxygens (including phenoxy) is 1. The van der Waals surface area contributed by atoms with Crippen molar-refractivity contribution < 1.29 is 14.6 Å². The van der Waals surface area contributed by atoms with Crippen LogP contribution in [0.25, 0.3) is 0 Å². The first-order valence-corrected chi connectivity index (χ1v) is 7.43. The van der Waals surface area contributed by atoms with Crippen molar-refractivity contribution in [1.82, 2.24) is 0 Å². The summed E-state index contributed by atoms with van der Waals surface area (Å²) in [6.07, 6.45) is 1.85. The number of hydrogen-bond donors (Lipinski definition) is 1. The van der Waals surface area contributed by atoms with Crippen molar-refractivity contribution in [2.75, 3.05) is 6.61 Å². The number of aliphatic carboxylic acids is 1. The third-order valence-electron chi connectivity index (χ3n) is 2.93. The van der Waals surface area contributed by atoms with Crippen LogP contribution in [0.3, 0.4) is 0 Å². The first-order valence-electron chi connectivity index (χ1n) is 7.43. The Morgan fingerprint density at radius 3 is 2.10 bits per heavy atom. The lowest BCUT2D eigenvalue weighted by Crippen LogP contribution is -2.15. The second-order valence-electron chi connectivity index (χ2n) is 8.10. The maximum atomic E-state index is 10.7. The predicted molar refractivity (Wildman–Crippen MR) is 85.9 cm³/mol. The molecule has 21 heavy (non-hydrogen) atoms. The second kappa shape index (κ2) is 6.50. The maximum Gasteiger partial charge on any atom is 0.341 e. The van der Waals surface area contributed by atoms with Gasteiger partial charge in [-0.2, -0.15) is 0 Å². The molecule has 1 aromatic carbocycles. The van der Waals surface area contributed by atoms with Crippen molar-refractivity contribution in [2.45, 2.75) is 54.4 Å². The van der Waals surface area contributed by atoms with Crippen LogP contribution in [0, 0.1) is 10.8 Å². The average molecular weight is 292 g/mol. The quantitative estimate of drug-likeness (QED) is 0.878. The summed E-state index contributed by atoms with van der Waals surface area (Å²) in [6, 6.07) is 6.10. The Labute approximate surface area is 128 Å². The molecule has 0 aromatic heterocycles. The van der Waals surface area contributed by atoms with E-state index in [0.717, 1.165) is 18.4 Å². The molecule has 1 N–H and O–H groups in total. The van der Waals surface area contributed by atoms with Gasteiger partial charge in [0, 0.05) is 0 Å². The summed E-state index contributed by atoms with van der Waals surface area (Å²) in [6.45, 7) is 12.9. The summed E-state index contributed by atoms with van der Waals surface area (Å²) in [4.78, 5) is 10.7. The van der Waals surface area contributed by atoms with Crippen LogP contribution in [0.15, 0.2) is 18.2 Å². The highest BCUT2D eigenvalue weighted by atomic mass is 16.5. The smallest absolute Gasteiger partial charge is 0.341 e. The van der Waals surface area contributed by atoms with Gasteiger partial charge in [0.15, 0.2) is 6.61 Å². The molecule has 0 amide bonds. The Balaban J connectivity index is 3.04. The third-order valence-corrected chi connectivity index (χ3v) is 2.93. The van der Waals surface area contributed by atoms with Crippen molar-refractivity contribution >= 4 is 5.97 Å². The molecule has 0 fully saturated rings. The van der Waals surface area contributed by atoms with Crippen molar-refractivity contribution in [2.24, 2.45) is 10.8 Å². The highest BCUT2D eigenvalue weighted by Gasteiger charge is 2.18. The van der Waals surface area contributed by atoms with Crippen LogP contribution in [0.1, 0.15) is 52.7 Å². The van der Waals surface area contributed by atoms with E-state index in [2.05, 4.69) is 47.6 Å². The third kappa shape index (κ3) is 7.16. The van der Waals surface area contributed by atoms with E-state index in [1.807, 2.05) is 12.1 Å². The Hall–Kier alpha value is -1.51. The minimum absolute atomic E-state index is 0.127. The van der Waals surface area contributed by atoms with Crippen molar-refractivity contribution in [3.63, 3.8) is 0 Å². The van der Waals surface area contributed by atoms with E-state index in [4.69, 9.17) is 9.84 Å². The average Bonchev–Trinajstić information content (AvgIpc) is 2.23. The molecule has 0 saturated carbocycles.